The second-order valence-corrected chi connectivity index (χ2v) is 6.09. The summed E-state index contributed by atoms with van der Waals surface area (Å²) in [6.45, 7) is 3.04. The Labute approximate surface area is 110 Å². The molecule has 0 radical (unpaired) electrons. The highest BCUT2D eigenvalue weighted by atomic mass is 16.3. The zero-order valence-corrected chi connectivity index (χ0v) is 11.3. The molecule has 1 heterocycles. The van der Waals surface area contributed by atoms with Gasteiger partial charge in [0, 0.05) is 19.0 Å². The Morgan fingerprint density at radius 1 is 1.28 bits per heavy atom. The molecule has 2 atom stereocenters. The lowest BCUT2D eigenvalue weighted by molar-refractivity contribution is -0.134. The van der Waals surface area contributed by atoms with E-state index in [1.54, 1.807) is 0 Å². The molecule has 0 aromatic rings. The predicted molar refractivity (Wildman–Crippen MR) is 70.9 cm³/mol. The number of rotatable bonds is 3. The fourth-order valence-corrected chi connectivity index (χ4v) is 3.35. The van der Waals surface area contributed by atoms with Crippen molar-refractivity contribution in [2.24, 2.45) is 17.6 Å². The highest BCUT2D eigenvalue weighted by molar-refractivity contribution is 5.77. The van der Waals surface area contributed by atoms with E-state index in [1.807, 2.05) is 4.90 Å². The van der Waals surface area contributed by atoms with Crippen LogP contribution in [-0.2, 0) is 4.79 Å². The van der Waals surface area contributed by atoms with Gasteiger partial charge in [-0.15, -0.1) is 0 Å². The Balaban J connectivity index is 1.84. The van der Waals surface area contributed by atoms with Crippen LogP contribution in [0, 0.1) is 11.8 Å². The summed E-state index contributed by atoms with van der Waals surface area (Å²) in [5.74, 6) is 1.17. The Hall–Kier alpha value is -0.610. The number of likely N-dealkylation sites (tertiary alicyclic amines) is 1. The van der Waals surface area contributed by atoms with Crippen LogP contribution >= 0.6 is 0 Å². The molecule has 0 aromatic heterocycles. The average Bonchev–Trinajstić information content (AvgIpc) is 2.73. The van der Waals surface area contributed by atoms with E-state index in [0.29, 0.717) is 24.3 Å². The molecule has 1 aliphatic heterocycles. The van der Waals surface area contributed by atoms with Crippen molar-refractivity contribution in [3.8, 4) is 0 Å². The molecule has 1 saturated heterocycles. The summed E-state index contributed by atoms with van der Waals surface area (Å²) in [6.07, 6.45) is 5.94. The fourth-order valence-electron chi connectivity index (χ4n) is 3.35. The maximum atomic E-state index is 12.3. The zero-order chi connectivity index (χ0) is 13.1. The first-order chi connectivity index (χ1) is 8.61. The van der Waals surface area contributed by atoms with Gasteiger partial charge in [0.1, 0.15) is 0 Å². The molecule has 3 N–H and O–H groups in total. The van der Waals surface area contributed by atoms with Crippen molar-refractivity contribution in [3.05, 3.63) is 0 Å². The third kappa shape index (κ3) is 3.04. The van der Waals surface area contributed by atoms with Crippen LogP contribution in [0.5, 0.6) is 0 Å². The predicted octanol–water partition coefficient (Wildman–Crippen LogP) is 1.12. The Kier molecular flexibility index (Phi) is 4.62. The topological polar surface area (TPSA) is 66.6 Å². The van der Waals surface area contributed by atoms with Crippen LogP contribution in [0.4, 0.5) is 0 Å². The number of carbonyl (C=O) groups is 1. The number of amides is 1. The quantitative estimate of drug-likeness (QED) is 0.793. The van der Waals surface area contributed by atoms with Gasteiger partial charge in [-0.25, -0.2) is 0 Å². The molecule has 18 heavy (non-hydrogen) atoms. The van der Waals surface area contributed by atoms with Crippen LogP contribution in [0.2, 0.25) is 0 Å². The van der Waals surface area contributed by atoms with Gasteiger partial charge >= 0.3 is 0 Å². The van der Waals surface area contributed by atoms with E-state index >= 15 is 0 Å². The SMILES string of the molecule is CC1CCN(C(=O)CC2CCC(N)CC2)C1CO. The number of aliphatic hydroxyl groups excluding tert-OH is 1. The van der Waals surface area contributed by atoms with Crippen molar-refractivity contribution >= 4 is 5.91 Å². The summed E-state index contributed by atoms with van der Waals surface area (Å²) in [5, 5.41) is 9.39. The second kappa shape index (κ2) is 6.02. The molecule has 0 bridgehead atoms. The van der Waals surface area contributed by atoms with E-state index in [9.17, 15) is 9.90 Å². The minimum atomic E-state index is 0.0448. The lowest BCUT2D eigenvalue weighted by atomic mass is 9.84. The molecule has 0 aromatic carbocycles. The normalized spacial score (nSPS) is 36.9. The first-order valence-electron chi connectivity index (χ1n) is 7.27. The monoisotopic (exact) mass is 254 g/mol. The van der Waals surface area contributed by atoms with E-state index in [1.165, 1.54) is 0 Å². The Morgan fingerprint density at radius 3 is 2.56 bits per heavy atom. The molecule has 1 saturated carbocycles. The molecule has 1 amide bonds. The Bertz CT molecular complexity index is 288. The van der Waals surface area contributed by atoms with Crippen LogP contribution < -0.4 is 5.73 Å². The van der Waals surface area contributed by atoms with Gasteiger partial charge in [0.25, 0.3) is 0 Å². The smallest absolute Gasteiger partial charge is 0.223 e. The van der Waals surface area contributed by atoms with Crippen molar-refractivity contribution in [1.82, 2.24) is 4.90 Å². The maximum Gasteiger partial charge on any atom is 0.223 e. The van der Waals surface area contributed by atoms with Gasteiger partial charge < -0.3 is 15.7 Å². The molecule has 4 heteroatoms. The maximum absolute atomic E-state index is 12.3. The van der Waals surface area contributed by atoms with Crippen molar-refractivity contribution in [3.63, 3.8) is 0 Å². The number of carbonyl (C=O) groups excluding carboxylic acids is 1. The van der Waals surface area contributed by atoms with Crippen LogP contribution in [-0.4, -0.2) is 41.1 Å². The average molecular weight is 254 g/mol. The number of hydrogen-bond donors (Lipinski definition) is 2. The summed E-state index contributed by atoms with van der Waals surface area (Å²) in [4.78, 5) is 14.2. The van der Waals surface area contributed by atoms with E-state index in [-0.39, 0.29) is 18.6 Å². The van der Waals surface area contributed by atoms with Crippen LogP contribution in [0.25, 0.3) is 0 Å². The number of nitrogens with zero attached hydrogens (tertiary/aromatic N) is 1. The number of nitrogens with two attached hydrogens (primary N) is 1. The number of hydrogen-bond acceptors (Lipinski definition) is 3. The fraction of sp³-hybridized carbons (Fsp3) is 0.929. The van der Waals surface area contributed by atoms with E-state index in [0.717, 1.165) is 38.6 Å². The van der Waals surface area contributed by atoms with E-state index < -0.39 is 0 Å². The van der Waals surface area contributed by atoms with Crippen molar-refractivity contribution in [1.29, 1.82) is 0 Å². The molecular weight excluding hydrogens is 228 g/mol. The van der Waals surface area contributed by atoms with Gasteiger partial charge in [0.05, 0.1) is 12.6 Å². The lowest BCUT2D eigenvalue weighted by Crippen LogP contribution is -2.41. The van der Waals surface area contributed by atoms with E-state index in [2.05, 4.69) is 6.92 Å². The summed E-state index contributed by atoms with van der Waals surface area (Å²) < 4.78 is 0. The van der Waals surface area contributed by atoms with Gasteiger partial charge in [0.15, 0.2) is 0 Å². The standard InChI is InChI=1S/C14H26N2O2/c1-10-6-7-16(13(10)9-17)14(18)8-11-2-4-12(15)5-3-11/h10-13,17H,2-9,15H2,1H3. The van der Waals surface area contributed by atoms with E-state index in [4.69, 9.17) is 5.73 Å². The lowest BCUT2D eigenvalue weighted by Gasteiger charge is -2.30. The van der Waals surface area contributed by atoms with Gasteiger partial charge in [-0.3, -0.25) is 4.79 Å². The third-order valence-corrected chi connectivity index (χ3v) is 4.74. The van der Waals surface area contributed by atoms with Crippen molar-refractivity contribution in [2.45, 2.75) is 57.5 Å². The summed E-state index contributed by atoms with van der Waals surface area (Å²) in [7, 11) is 0. The molecule has 2 aliphatic rings. The first kappa shape index (κ1) is 13.8. The molecule has 2 unspecified atom stereocenters. The molecule has 2 fully saturated rings. The molecule has 1 aliphatic carbocycles. The first-order valence-corrected chi connectivity index (χ1v) is 7.27. The van der Waals surface area contributed by atoms with Crippen LogP contribution in [0.15, 0.2) is 0 Å². The third-order valence-electron chi connectivity index (χ3n) is 4.74. The Morgan fingerprint density at radius 2 is 1.94 bits per heavy atom. The molecule has 104 valence electrons. The zero-order valence-electron chi connectivity index (χ0n) is 11.3. The van der Waals surface area contributed by atoms with Crippen LogP contribution in [0.1, 0.15) is 45.4 Å². The molecule has 0 spiro atoms. The minimum Gasteiger partial charge on any atom is -0.394 e. The second-order valence-electron chi connectivity index (χ2n) is 6.09. The largest absolute Gasteiger partial charge is 0.394 e. The van der Waals surface area contributed by atoms with Gasteiger partial charge in [-0.1, -0.05) is 6.92 Å². The van der Waals surface area contributed by atoms with Crippen molar-refractivity contribution in [2.75, 3.05) is 13.2 Å². The van der Waals surface area contributed by atoms with Gasteiger partial charge in [-0.2, -0.15) is 0 Å². The number of aliphatic hydroxyl groups is 1. The molecule has 4 nitrogen and oxygen atoms in total. The molecular formula is C14H26N2O2. The summed E-state index contributed by atoms with van der Waals surface area (Å²) in [5.41, 5.74) is 5.88. The highest BCUT2D eigenvalue weighted by Gasteiger charge is 2.34. The van der Waals surface area contributed by atoms with Gasteiger partial charge in [0.2, 0.25) is 5.91 Å². The van der Waals surface area contributed by atoms with Crippen LogP contribution in [0.3, 0.4) is 0 Å². The summed E-state index contributed by atoms with van der Waals surface area (Å²) >= 11 is 0. The molecule has 2 rings (SSSR count). The minimum absolute atomic E-state index is 0.0448. The van der Waals surface area contributed by atoms with Gasteiger partial charge in [-0.05, 0) is 43.9 Å². The highest BCUT2D eigenvalue weighted by Crippen LogP contribution is 2.29. The van der Waals surface area contributed by atoms with Crippen molar-refractivity contribution < 1.29 is 9.90 Å². The summed E-state index contributed by atoms with van der Waals surface area (Å²) in [6, 6.07) is 0.386.